The van der Waals surface area contributed by atoms with Gasteiger partial charge in [0.2, 0.25) is 0 Å². The first-order valence-corrected chi connectivity index (χ1v) is 7.07. The van der Waals surface area contributed by atoms with Crippen LogP contribution in [0.2, 0.25) is 0 Å². The summed E-state index contributed by atoms with van der Waals surface area (Å²) in [6.45, 7) is 5.70. The summed E-state index contributed by atoms with van der Waals surface area (Å²) < 4.78 is 1.13. The molecular weight excluding hydrogens is 258 g/mol. The van der Waals surface area contributed by atoms with Crippen molar-refractivity contribution in [2.24, 2.45) is 0 Å². The van der Waals surface area contributed by atoms with Gasteiger partial charge in [-0.2, -0.15) is 0 Å². The molecule has 102 valence electrons. The Hall–Kier alpha value is -1.39. The largest absolute Gasteiger partial charge is 0.389 e. The Kier molecular flexibility index (Phi) is 3.65. The third kappa shape index (κ3) is 2.96. The number of benzene rings is 1. The Morgan fingerprint density at radius 2 is 2.00 bits per heavy atom. The van der Waals surface area contributed by atoms with Gasteiger partial charge < -0.3 is 10.0 Å². The number of thiophene rings is 1. The van der Waals surface area contributed by atoms with Crippen molar-refractivity contribution in [1.82, 2.24) is 4.90 Å². The number of amides is 1. The predicted octanol–water partition coefficient (Wildman–Crippen LogP) is 3.05. The summed E-state index contributed by atoms with van der Waals surface area (Å²) in [5, 5.41) is 10.9. The molecule has 0 aliphatic rings. The lowest BCUT2D eigenvalue weighted by Crippen LogP contribution is -2.39. The molecule has 0 aliphatic heterocycles. The number of carbonyl (C=O) groups excluding carboxylic acids is 1. The topological polar surface area (TPSA) is 40.5 Å². The quantitative estimate of drug-likeness (QED) is 0.936. The molecule has 1 N–H and O–H groups in total. The molecule has 1 aromatic carbocycles. The highest BCUT2D eigenvalue weighted by molar-refractivity contribution is 7.21. The Bertz CT molecular complexity index is 610. The molecule has 0 saturated carbocycles. The smallest absolute Gasteiger partial charge is 0.264 e. The Balaban J connectivity index is 2.34. The van der Waals surface area contributed by atoms with Crippen LogP contribution in [0.15, 0.2) is 24.3 Å². The average molecular weight is 277 g/mol. The summed E-state index contributed by atoms with van der Waals surface area (Å²) in [5.74, 6) is -0.0270. The van der Waals surface area contributed by atoms with Crippen LogP contribution >= 0.6 is 11.3 Å². The van der Waals surface area contributed by atoms with Gasteiger partial charge in [-0.05, 0) is 37.8 Å². The fourth-order valence-corrected chi connectivity index (χ4v) is 3.41. The Labute approximate surface area is 117 Å². The van der Waals surface area contributed by atoms with E-state index in [4.69, 9.17) is 0 Å². The first-order valence-electron chi connectivity index (χ1n) is 6.25. The van der Waals surface area contributed by atoms with Gasteiger partial charge in [0.15, 0.2) is 0 Å². The molecule has 0 aliphatic carbocycles. The molecule has 1 aromatic heterocycles. The predicted molar refractivity (Wildman–Crippen MR) is 79.8 cm³/mol. The van der Waals surface area contributed by atoms with E-state index in [-0.39, 0.29) is 5.91 Å². The standard InChI is InChI=1S/C15H19NO2S/c1-10-11-7-5-6-8-12(11)19-13(10)14(17)16(4)9-15(2,3)18/h5-8,18H,9H2,1-4H3. The van der Waals surface area contributed by atoms with Crippen molar-refractivity contribution in [1.29, 1.82) is 0 Å². The molecular formula is C15H19NO2S. The van der Waals surface area contributed by atoms with E-state index in [0.717, 1.165) is 20.5 Å². The molecule has 2 rings (SSSR count). The van der Waals surface area contributed by atoms with Gasteiger partial charge in [0.25, 0.3) is 5.91 Å². The van der Waals surface area contributed by atoms with Crippen LogP contribution in [0, 0.1) is 6.92 Å². The van der Waals surface area contributed by atoms with Crippen molar-refractivity contribution in [3.63, 3.8) is 0 Å². The van der Waals surface area contributed by atoms with E-state index in [1.807, 2.05) is 31.2 Å². The molecule has 4 heteroatoms. The van der Waals surface area contributed by atoms with Crippen LogP contribution in [-0.4, -0.2) is 35.1 Å². The van der Waals surface area contributed by atoms with E-state index < -0.39 is 5.60 Å². The molecule has 0 radical (unpaired) electrons. The van der Waals surface area contributed by atoms with Gasteiger partial charge in [0, 0.05) is 18.3 Å². The van der Waals surface area contributed by atoms with Crippen molar-refractivity contribution in [2.75, 3.05) is 13.6 Å². The van der Waals surface area contributed by atoms with Crippen LogP contribution < -0.4 is 0 Å². The highest BCUT2D eigenvalue weighted by atomic mass is 32.1. The number of rotatable bonds is 3. The zero-order valence-electron chi connectivity index (χ0n) is 11.7. The molecule has 0 saturated heterocycles. The summed E-state index contributed by atoms with van der Waals surface area (Å²) in [7, 11) is 1.73. The van der Waals surface area contributed by atoms with E-state index in [0.29, 0.717) is 6.54 Å². The number of likely N-dealkylation sites (N-methyl/N-ethyl adjacent to an activating group) is 1. The fraction of sp³-hybridized carbons (Fsp3) is 0.400. The van der Waals surface area contributed by atoms with Gasteiger partial charge in [-0.15, -0.1) is 11.3 Å². The van der Waals surface area contributed by atoms with Crippen molar-refractivity contribution in [3.8, 4) is 0 Å². The summed E-state index contributed by atoms with van der Waals surface area (Å²) >= 11 is 1.51. The number of nitrogens with zero attached hydrogens (tertiary/aromatic N) is 1. The van der Waals surface area contributed by atoms with Crippen molar-refractivity contribution in [2.45, 2.75) is 26.4 Å². The number of aliphatic hydroxyl groups is 1. The highest BCUT2D eigenvalue weighted by Crippen LogP contribution is 2.31. The molecule has 1 amide bonds. The second kappa shape index (κ2) is 4.94. The molecule has 0 bridgehead atoms. The van der Waals surface area contributed by atoms with Crippen molar-refractivity contribution >= 4 is 27.3 Å². The van der Waals surface area contributed by atoms with E-state index in [9.17, 15) is 9.90 Å². The van der Waals surface area contributed by atoms with Gasteiger partial charge in [0.05, 0.1) is 10.5 Å². The number of aryl methyl sites for hydroxylation is 1. The molecule has 0 atom stereocenters. The summed E-state index contributed by atoms with van der Waals surface area (Å²) in [4.78, 5) is 14.8. The molecule has 3 nitrogen and oxygen atoms in total. The maximum absolute atomic E-state index is 12.4. The van der Waals surface area contributed by atoms with Gasteiger partial charge in [-0.25, -0.2) is 0 Å². The SMILES string of the molecule is Cc1c(C(=O)N(C)CC(C)(C)O)sc2ccccc12. The fourth-order valence-electron chi connectivity index (χ4n) is 2.20. The zero-order chi connectivity index (χ0) is 14.2. The van der Waals surface area contributed by atoms with E-state index >= 15 is 0 Å². The minimum atomic E-state index is -0.880. The molecule has 0 spiro atoms. The highest BCUT2D eigenvalue weighted by Gasteiger charge is 2.23. The molecule has 1 heterocycles. The molecule has 0 fully saturated rings. The number of carbonyl (C=O) groups is 1. The first kappa shape index (κ1) is 14.0. The van der Waals surface area contributed by atoms with Gasteiger partial charge >= 0.3 is 0 Å². The van der Waals surface area contributed by atoms with Crippen LogP contribution in [0.4, 0.5) is 0 Å². The lowest BCUT2D eigenvalue weighted by Gasteiger charge is -2.25. The number of fused-ring (bicyclic) bond motifs is 1. The van der Waals surface area contributed by atoms with E-state index in [2.05, 4.69) is 0 Å². The lowest BCUT2D eigenvalue weighted by molar-refractivity contribution is 0.0370. The Morgan fingerprint density at radius 1 is 1.37 bits per heavy atom. The third-order valence-corrected chi connectivity index (χ3v) is 4.27. The summed E-state index contributed by atoms with van der Waals surface area (Å²) in [6.07, 6.45) is 0. The van der Waals surface area contributed by atoms with Gasteiger partial charge in [0.1, 0.15) is 0 Å². The maximum atomic E-state index is 12.4. The van der Waals surface area contributed by atoms with Crippen molar-refractivity contribution in [3.05, 3.63) is 34.7 Å². The van der Waals surface area contributed by atoms with Crippen LogP contribution in [0.1, 0.15) is 29.1 Å². The molecule has 2 aromatic rings. The minimum absolute atomic E-state index is 0.0270. The van der Waals surface area contributed by atoms with Crippen LogP contribution in [-0.2, 0) is 0 Å². The van der Waals surface area contributed by atoms with Gasteiger partial charge in [-0.1, -0.05) is 18.2 Å². The molecule has 19 heavy (non-hydrogen) atoms. The number of hydrogen-bond acceptors (Lipinski definition) is 3. The van der Waals surface area contributed by atoms with Crippen LogP contribution in [0.5, 0.6) is 0 Å². The van der Waals surface area contributed by atoms with Gasteiger partial charge in [-0.3, -0.25) is 4.79 Å². The number of hydrogen-bond donors (Lipinski definition) is 1. The van der Waals surface area contributed by atoms with E-state index in [1.54, 1.807) is 25.8 Å². The van der Waals surface area contributed by atoms with E-state index in [1.165, 1.54) is 11.3 Å². The monoisotopic (exact) mass is 277 g/mol. The van der Waals surface area contributed by atoms with Crippen LogP contribution in [0.25, 0.3) is 10.1 Å². The third-order valence-electron chi connectivity index (χ3n) is 3.01. The lowest BCUT2D eigenvalue weighted by atomic mass is 10.1. The summed E-state index contributed by atoms with van der Waals surface area (Å²) in [6, 6.07) is 8.03. The minimum Gasteiger partial charge on any atom is -0.389 e. The second-order valence-electron chi connectivity index (χ2n) is 5.53. The molecule has 0 unspecified atom stereocenters. The summed E-state index contributed by atoms with van der Waals surface area (Å²) in [5.41, 5.74) is 0.142. The second-order valence-corrected chi connectivity index (χ2v) is 6.58. The first-order chi connectivity index (χ1) is 8.79. The normalized spacial score (nSPS) is 11.8. The maximum Gasteiger partial charge on any atom is 0.264 e. The Morgan fingerprint density at radius 3 is 2.58 bits per heavy atom. The average Bonchev–Trinajstić information content (AvgIpc) is 2.64. The van der Waals surface area contributed by atoms with Crippen molar-refractivity contribution < 1.29 is 9.90 Å². The van der Waals surface area contributed by atoms with Crippen LogP contribution in [0.3, 0.4) is 0 Å². The zero-order valence-corrected chi connectivity index (χ0v) is 12.5.